The molecule has 1 fully saturated rings. The van der Waals surface area contributed by atoms with Crippen LogP contribution in [0, 0.1) is 19.8 Å². The minimum absolute atomic E-state index is 0.119. The first-order valence-corrected chi connectivity index (χ1v) is 8.79. The number of hydrogen-bond donors (Lipinski definition) is 1. The average Bonchev–Trinajstić information content (AvgIpc) is 3.00. The van der Waals surface area contributed by atoms with E-state index >= 15 is 0 Å². The molecule has 2 aromatic rings. The number of carbonyl (C=O) groups excluding carboxylic acids is 2. The van der Waals surface area contributed by atoms with E-state index in [-0.39, 0.29) is 18.2 Å². The molecule has 1 aliphatic rings. The molecule has 0 aliphatic carbocycles. The lowest BCUT2D eigenvalue weighted by Crippen LogP contribution is -2.28. The van der Waals surface area contributed by atoms with Crippen molar-refractivity contribution in [3.05, 3.63) is 52.5 Å². The van der Waals surface area contributed by atoms with Crippen LogP contribution in [0.25, 0.3) is 0 Å². The molecule has 2 aromatic carbocycles. The van der Waals surface area contributed by atoms with Crippen molar-refractivity contribution >= 4 is 34.8 Å². The number of methoxy groups -OCH3 is 1. The van der Waals surface area contributed by atoms with Crippen molar-refractivity contribution in [2.45, 2.75) is 20.3 Å². The summed E-state index contributed by atoms with van der Waals surface area (Å²) in [5, 5.41) is 3.46. The molecule has 0 unspecified atom stereocenters. The van der Waals surface area contributed by atoms with Gasteiger partial charge in [-0.1, -0.05) is 23.7 Å². The molecule has 3 rings (SSSR count). The van der Waals surface area contributed by atoms with Gasteiger partial charge in [0.15, 0.2) is 0 Å². The van der Waals surface area contributed by atoms with Gasteiger partial charge in [-0.3, -0.25) is 9.59 Å². The molecular weight excluding hydrogens is 352 g/mol. The number of ether oxygens (including phenoxy) is 1. The van der Waals surface area contributed by atoms with Gasteiger partial charge in [0.05, 0.1) is 18.7 Å². The van der Waals surface area contributed by atoms with E-state index in [4.69, 9.17) is 16.3 Å². The molecule has 0 aromatic heterocycles. The number of halogens is 1. The van der Waals surface area contributed by atoms with Gasteiger partial charge in [-0.2, -0.15) is 0 Å². The van der Waals surface area contributed by atoms with E-state index in [1.54, 1.807) is 23.1 Å². The van der Waals surface area contributed by atoms with Gasteiger partial charge in [0, 0.05) is 23.7 Å². The maximum Gasteiger partial charge on any atom is 0.229 e. The van der Waals surface area contributed by atoms with Crippen molar-refractivity contribution in [2.75, 3.05) is 23.9 Å². The van der Waals surface area contributed by atoms with E-state index in [9.17, 15) is 9.59 Å². The molecule has 0 radical (unpaired) electrons. The summed E-state index contributed by atoms with van der Waals surface area (Å²) in [7, 11) is 1.54. The smallest absolute Gasteiger partial charge is 0.229 e. The number of rotatable bonds is 4. The lowest BCUT2D eigenvalue weighted by molar-refractivity contribution is -0.122. The minimum atomic E-state index is -0.425. The molecule has 1 saturated heterocycles. The van der Waals surface area contributed by atoms with E-state index in [1.165, 1.54) is 7.11 Å². The summed E-state index contributed by atoms with van der Waals surface area (Å²) < 4.78 is 5.33. The van der Waals surface area contributed by atoms with Crippen LogP contribution in [0.3, 0.4) is 0 Å². The molecule has 1 aliphatic heterocycles. The quantitative estimate of drug-likeness (QED) is 0.883. The van der Waals surface area contributed by atoms with Gasteiger partial charge >= 0.3 is 0 Å². The highest BCUT2D eigenvalue weighted by molar-refractivity contribution is 6.31. The minimum Gasteiger partial charge on any atom is -0.495 e. The van der Waals surface area contributed by atoms with Crippen LogP contribution in [-0.2, 0) is 9.59 Å². The van der Waals surface area contributed by atoms with Gasteiger partial charge in [-0.15, -0.1) is 0 Å². The number of hydrogen-bond acceptors (Lipinski definition) is 3. The molecule has 6 heteroatoms. The van der Waals surface area contributed by atoms with Crippen LogP contribution in [-0.4, -0.2) is 25.5 Å². The summed E-state index contributed by atoms with van der Waals surface area (Å²) in [6, 6.07) is 10.9. The Hall–Kier alpha value is -2.53. The molecule has 1 atom stereocenters. The molecule has 1 N–H and O–H groups in total. The first-order chi connectivity index (χ1) is 12.4. The number of benzene rings is 2. The fourth-order valence-corrected chi connectivity index (χ4v) is 3.28. The Kier molecular flexibility index (Phi) is 5.18. The highest BCUT2D eigenvalue weighted by atomic mass is 35.5. The van der Waals surface area contributed by atoms with E-state index in [1.807, 2.05) is 32.0 Å². The SMILES string of the molecule is COc1ccc(Cl)cc1N1C[C@H](C(=O)Nc2cccc(C)c2C)CC1=O. The monoisotopic (exact) mass is 372 g/mol. The Bertz CT molecular complexity index is 866. The molecule has 5 nitrogen and oxygen atoms in total. The Morgan fingerprint density at radius 2 is 2.04 bits per heavy atom. The predicted molar refractivity (Wildman–Crippen MR) is 103 cm³/mol. The van der Waals surface area contributed by atoms with Crippen molar-refractivity contribution in [3.8, 4) is 5.75 Å². The number of carbonyl (C=O) groups is 2. The highest BCUT2D eigenvalue weighted by Gasteiger charge is 2.36. The number of anilines is 2. The van der Waals surface area contributed by atoms with Crippen LogP contribution < -0.4 is 15.0 Å². The summed E-state index contributed by atoms with van der Waals surface area (Å²) in [6.45, 7) is 4.26. The molecular formula is C20H21ClN2O3. The maximum atomic E-state index is 12.7. The molecule has 1 heterocycles. The normalized spacial score (nSPS) is 16.7. The van der Waals surface area contributed by atoms with Crippen LogP contribution in [0.1, 0.15) is 17.5 Å². The summed E-state index contributed by atoms with van der Waals surface area (Å²) in [5.41, 5.74) is 3.50. The maximum absolute atomic E-state index is 12.7. The van der Waals surface area contributed by atoms with Gasteiger partial charge in [-0.25, -0.2) is 0 Å². The van der Waals surface area contributed by atoms with Crippen molar-refractivity contribution < 1.29 is 14.3 Å². The second kappa shape index (κ2) is 7.38. The third-order valence-corrected chi connectivity index (χ3v) is 5.03. The van der Waals surface area contributed by atoms with Crippen molar-refractivity contribution in [2.24, 2.45) is 5.92 Å². The van der Waals surface area contributed by atoms with Crippen molar-refractivity contribution in [1.29, 1.82) is 0 Å². The number of amides is 2. The van der Waals surface area contributed by atoms with Crippen LogP contribution in [0.15, 0.2) is 36.4 Å². The summed E-state index contributed by atoms with van der Waals surface area (Å²) in [4.78, 5) is 26.7. The topological polar surface area (TPSA) is 58.6 Å². The van der Waals surface area contributed by atoms with E-state index in [2.05, 4.69) is 5.32 Å². The fraction of sp³-hybridized carbons (Fsp3) is 0.300. The molecule has 2 amide bonds. The van der Waals surface area contributed by atoms with Crippen LogP contribution in [0.5, 0.6) is 5.75 Å². The molecule has 136 valence electrons. The average molecular weight is 373 g/mol. The second-order valence-corrected chi connectivity index (χ2v) is 6.89. The third kappa shape index (κ3) is 3.53. The summed E-state index contributed by atoms with van der Waals surface area (Å²) >= 11 is 6.07. The standard InChI is InChI=1S/C20H21ClN2O3/c1-12-5-4-6-16(13(12)2)22-20(25)14-9-19(24)23(11-14)17-10-15(21)7-8-18(17)26-3/h4-8,10,14H,9,11H2,1-3H3,(H,22,25)/t14-/m1/s1. The lowest BCUT2D eigenvalue weighted by atomic mass is 10.1. The van der Waals surface area contributed by atoms with E-state index in [0.29, 0.717) is 23.0 Å². The zero-order valence-corrected chi connectivity index (χ0v) is 15.8. The summed E-state index contributed by atoms with van der Waals surface area (Å²) in [5.74, 6) is -0.147. The van der Waals surface area contributed by atoms with Gasteiger partial charge in [0.25, 0.3) is 0 Å². The van der Waals surface area contributed by atoms with Crippen molar-refractivity contribution in [3.63, 3.8) is 0 Å². The Morgan fingerprint density at radius 3 is 2.77 bits per heavy atom. The third-order valence-electron chi connectivity index (χ3n) is 4.79. The Morgan fingerprint density at radius 1 is 1.27 bits per heavy atom. The van der Waals surface area contributed by atoms with Crippen LogP contribution in [0.2, 0.25) is 5.02 Å². The van der Waals surface area contributed by atoms with Crippen molar-refractivity contribution in [1.82, 2.24) is 0 Å². The molecule has 0 saturated carbocycles. The number of nitrogens with zero attached hydrogens (tertiary/aromatic N) is 1. The number of aryl methyl sites for hydroxylation is 1. The zero-order valence-electron chi connectivity index (χ0n) is 15.0. The lowest BCUT2D eigenvalue weighted by Gasteiger charge is -2.20. The predicted octanol–water partition coefficient (Wildman–Crippen LogP) is 3.96. The Balaban J connectivity index is 1.78. The van der Waals surface area contributed by atoms with Gasteiger partial charge in [0.2, 0.25) is 11.8 Å². The van der Waals surface area contributed by atoms with E-state index < -0.39 is 5.92 Å². The Labute approximate surface area is 157 Å². The molecule has 26 heavy (non-hydrogen) atoms. The molecule has 0 bridgehead atoms. The van der Waals surface area contributed by atoms with E-state index in [0.717, 1.165) is 16.8 Å². The van der Waals surface area contributed by atoms with Crippen LogP contribution in [0.4, 0.5) is 11.4 Å². The zero-order chi connectivity index (χ0) is 18.8. The van der Waals surface area contributed by atoms with Gasteiger partial charge < -0.3 is 15.0 Å². The highest BCUT2D eigenvalue weighted by Crippen LogP contribution is 2.35. The first kappa shape index (κ1) is 18.3. The fourth-order valence-electron chi connectivity index (χ4n) is 3.11. The number of nitrogens with one attached hydrogen (secondary N) is 1. The van der Waals surface area contributed by atoms with Gasteiger partial charge in [-0.05, 0) is 49.2 Å². The van der Waals surface area contributed by atoms with Gasteiger partial charge in [0.1, 0.15) is 5.75 Å². The largest absolute Gasteiger partial charge is 0.495 e. The molecule has 0 spiro atoms. The van der Waals surface area contributed by atoms with Crippen LogP contribution >= 0.6 is 11.6 Å². The first-order valence-electron chi connectivity index (χ1n) is 8.41. The second-order valence-electron chi connectivity index (χ2n) is 6.46. The summed E-state index contributed by atoms with van der Waals surface area (Å²) in [6.07, 6.45) is 0.159.